The molecule has 0 spiro atoms. The van der Waals surface area contributed by atoms with Crippen LogP contribution in [0.5, 0.6) is 0 Å². The number of esters is 3. The Morgan fingerprint density at radius 2 is 0.494 bits per heavy atom. The number of rotatable bonds is 64. The fraction of sp³-hybridized carbons (Fsp3) is 0.773. The summed E-state index contributed by atoms with van der Waals surface area (Å²) in [4.78, 5) is 38.3. The highest BCUT2D eigenvalue weighted by Crippen LogP contribution is 2.17. The van der Waals surface area contributed by atoms with Crippen molar-refractivity contribution in [1.82, 2.24) is 0 Å². The van der Waals surface area contributed by atoms with Crippen LogP contribution in [0.2, 0.25) is 0 Å². The molecular weight excluding hydrogens is 997 g/mol. The Balaban J connectivity index is 4.17. The van der Waals surface area contributed by atoms with E-state index >= 15 is 0 Å². The Labute approximate surface area is 503 Å². The number of unbranched alkanes of at least 4 members (excludes halogenated alkanes) is 39. The first-order chi connectivity index (χ1) is 40.0. The van der Waals surface area contributed by atoms with Gasteiger partial charge in [-0.25, -0.2) is 0 Å². The fourth-order valence-corrected chi connectivity index (χ4v) is 10.1. The third-order valence-corrected chi connectivity index (χ3v) is 15.4. The van der Waals surface area contributed by atoms with E-state index in [2.05, 4.69) is 106 Å². The van der Waals surface area contributed by atoms with Crippen LogP contribution >= 0.6 is 0 Å². The number of carbonyl (C=O) groups is 3. The Hall–Kier alpha value is -3.41. The summed E-state index contributed by atoms with van der Waals surface area (Å²) >= 11 is 0. The van der Waals surface area contributed by atoms with Gasteiger partial charge in [0, 0.05) is 19.3 Å². The minimum Gasteiger partial charge on any atom is -0.462 e. The lowest BCUT2D eigenvalue weighted by Gasteiger charge is -2.18. The molecule has 1 unspecified atom stereocenters. The van der Waals surface area contributed by atoms with Gasteiger partial charge in [-0.2, -0.15) is 0 Å². The highest BCUT2D eigenvalue weighted by atomic mass is 16.6. The molecule has 0 amide bonds. The molecule has 0 heterocycles. The zero-order valence-electron chi connectivity index (χ0n) is 53.8. The molecule has 0 bridgehead atoms. The molecule has 0 aliphatic carbocycles. The van der Waals surface area contributed by atoms with Crippen LogP contribution in [-0.2, 0) is 28.6 Å². The SMILES string of the molecule is CC/C=C\C/C=C\C/C=C\C/C=C\CCCCCCCCCCCCCCCCCCCCC(=O)OCC(COC(=O)CCCCCCC/C=C\CCCC)OC(=O)CCCCCCCCCCC/C=C\C/C=C\CCCCCCC. The summed E-state index contributed by atoms with van der Waals surface area (Å²) in [6.07, 6.45) is 91.9. The first kappa shape index (κ1) is 77.6. The Kier molecular flexibility index (Phi) is 66.2. The van der Waals surface area contributed by atoms with E-state index in [1.807, 2.05) is 0 Å². The van der Waals surface area contributed by atoms with Crippen LogP contribution in [0.15, 0.2) is 85.1 Å². The molecule has 0 aromatic carbocycles. The normalized spacial score (nSPS) is 12.6. The molecule has 0 rings (SSSR count). The lowest BCUT2D eigenvalue weighted by Crippen LogP contribution is -2.30. The summed E-state index contributed by atoms with van der Waals surface area (Å²) in [5.41, 5.74) is 0. The summed E-state index contributed by atoms with van der Waals surface area (Å²) in [5.74, 6) is -0.874. The van der Waals surface area contributed by atoms with Gasteiger partial charge in [-0.1, -0.05) is 311 Å². The largest absolute Gasteiger partial charge is 0.462 e. The molecule has 6 heteroatoms. The summed E-state index contributed by atoms with van der Waals surface area (Å²) in [5, 5.41) is 0. The van der Waals surface area contributed by atoms with Crippen molar-refractivity contribution in [1.29, 1.82) is 0 Å². The van der Waals surface area contributed by atoms with Crippen molar-refractivity contribution in [3.05, 3.63) is 85.1 Å². The predicted octanol–water partition coefficient (Wildman–Crippen LogP) is 24.2. The summed E-state index contributed by atoms with van der Waals surface area (Å²) in [6, 6.07) is 0. The first-order valence-corrected chi connectivity index (χ1v) is 35.1. The monoisotopic (exact) mass is 1130 g/mol. The van der Waals surface area contributed by atoms with Gasteiger partial charge in [0.2, 0.25) is 0 Å². The van der Waals surface area contributed by atoms with Crippen molar-refractivity contribution in [2.75, 3.05) is 13.2 Å². The van der Waals surface area contributed by atoms with Crippen molar-refractivity contribution in [2.24, 2.45) is 0 Å². The predicted molar refractivity (Wildman–Crippen MR) is 353 cm³/mol. The Morgan fingerprint density at radius 3 is 0.802 bits per heavy atom. The van der Waals surface area contributed by atoms with E-state index in [4.69, 9.17) is 14.2 Å². The molecule has 0 aliphatic heterocycles. The number of hydrogen-bond acceptors (Lipinski definition) is 6. The number of carbonyl (C=O) groups excluding carboxylic acids is 3. The topological polar surface area (TPSA) is 78.9 Å². The van der Waals surface area contributed by atoms with E-state index in [1.54, 1.807) is 0 Å². The second kappa shape index (κ2) is 69.1. The number of allylic oxidation sites excluding steroid dienone is 14. The smallest absolute Gasteiger partial charge is 0.306 e. The summed E-state index contributed by atoms with van der Waals surface area (Å²) in [6.45, 7) is 6.51. The Morgan fingerprint density at radius 1 is 0.259 bits per heavy atom. The van der Waals surface area contributed by atoms with E-state index in [1.165, 1.54) is 218 Å². The van der Waals surface area contributed by atoms with Crippen molar-refractivity contribution < 1.29 is 28.6 Å². The van der Waals surface area contributed by atoms with Crippen LogP contribution < -0.4 is 0 Å². The average Bonchev–Trinajstić information content (AvgIpc) is 3.47. The van der Waals surface area contributed by atoms with Gasteiger partial charge in [0.05, 0.1) is 0 Å². The minimum absolute atomic E-state index is 0.0771. The second-order valence-electron chi connectivity index (χ2n) is 23.4. The van der Waals surface area contributed by atoms with Crippen LogP contribution in [0, 0.1) is 0 Å². The van der Waals surface area contributed by atoms with Crippen LogP contribution in [0.4, 0.5) is 0 Å². The van der Waals surface area contributed by atoms with Gasteiger partial charge >= 0.3 is 17.9 Å². The number of ether oxygens (including phenoxy) is 3. The van der Waals surface area contributed by atoms with Crippen molar-refractivity contribution in [3.63, 3.8) is 0 Å². The zero-order valence-corrected chi connectivity index (χ0v) is 53.8. The van der Waals surface area contributed by atoms with Gasteiger partial charge in [0.1, 0.15) is 13.2 Å². The summed E-state index contributed by atoms with van der Waals surface area (Å²) in [7, 11) is 0. The van der Waals surface area contributed by atoms with Crippen molar-refractivity contribution in [2.45, 2.75) is 361 Å². The van der Waals surface area contributed by atoms with E-state index in [9.17, 15) is 14.4 Å². The maximum atomic E-state index is 12.9. The first-order valence-electron chi connectivity index (χ1n) is 35.1. The molecule has 0 aromatic rings. The van der Waals surface area contributed by atoms with E-state index in [0.717, 1.165) is 96.3 Å². The highest BCUT2D eigenvalue weighted by molar-refractivity contribution is 5.71. The molecule has 0 aliphatic rings. The van der Waals surface area contributed by atoms with Gasteiger partial charge in [-0.3, -0.25) is 14.4 Å². The van der Waals surface area contributed by atoms with Gasteiger partial charge in [0.25, 0.3) is 0 Å². The maximum absolute atomic E-state index is 12.9. The van der Waals surface area contributed by atoms with Gasteiger partial charge in [0.15, 0.2) is 6.10 Å². The molecular formula is C75H132O6. The second-order valence-corrected chi connectivity index (χ2v) is 23.4. The van der Waals surface area contributed by atoms with E-state index in [-0.39, 0.29) is 31.1 Å². The van der Waals surface area contributed by atoms with Crippen LogP contribution in [0.1, 0.15) is 355 Å². The lowest BCUT2D eigenvalue weighted by atomic mass is 10.0. The van der Waals surface area contributed by atoms with Gasteiger partial charge < -0.3 is 14.2 Å². The highest BCUT2D eigenvalue weighted by Gasteiger charge is 2.19. The van der Waals surface area contributed by atoms with Gasteiger partial charge in [-0.05, 0) is 109 Å². The molecule has 0 radical (unpaired) electrons. The van der Waals surface area contributed by atoms with E-state index in [0.29, 0.717) is 19.3 Å². The fourth-order valence-electron chi connectivity index (χ4n) is 10.1. The Bertz CT molecular complexity index is 1530. The lowest BCUT2D eigenvalue weighted by molar-refractivity contribution is -0.167. The average molecular weight is 1130 g/mol. The molecule has 1 atom stereocenters. The standard InChI is InChI=1S/C75H132O6/c1-4-7-10-13-16-19-22-24-26-28-30-32-33-34-35-36-37-38-39-40-41-43-44-46-48-50-53-56-59-62-65-68-74(77)80-71-72(70-79-73(76)67-64-61-58-55-52-21-18-15-12-9-6-3)81-75(78)69-66-63-60-57-54-51-49-47-45-42-31-29-27-25-23-20-17-14-11-8-5-2/h7,10,15-16,18-19,23-26,29-32,72H,4-6,8-9,11-14,17,20-22,27-28,33-71H2,1-3H3/b10-7-,18-15-,19-16-,25-23-,26-24-,31-29-,32-30-. The molecule has 0 fully saturated rings. The molecule has 0 N–H and O–H groups in total. The molecule has 468 valence electrons. The molecule has 0 saturated carbocycles. The minimum atomic E-state index is -0.781. The third kappa shape index (κ3) is 67.3. The molecule has 0 aromatic heterocycles. The molecule has 0 saturated heterocycles. The summed E-state index contributed by atoms with van der Waals surface area (Å²) < 4.78 is 16.9. The van der Waals surface area contributed by atoms with Gasteiger partial charge in [-0.15, -0.1) is 0 Å². The van der Waals surface area contributed by atoms with E-state index < -0.39 is 6.10 Å². The zero-order chi connectivity index (χ0) is 58.5. The number of hydrogen-bond donors (Lipinski definition) is 0. The maximum Gasteiger partial charge on any atom is 0.306 e. The third-order valence-electron chi connectivity index (χ3n) is 15.4. The van der Waals surface area contributed by atoms with Crippen LogP contribution in [0.25, 0.3) is 0 Å². The quantitative estimate of drug-likeness (QED) is 0.0261. The molecule has 81 heavy (non-hydrogen) atoms. The van der Waals surface area contributed by atoms with Crippen molar-refractivity contribution >= 4 is 17.9 Å². The van der Waals surface area contributed by atoms with Crippen LogP contribution in [0.3, 0.4) is 0 Å². The van der Waals surface area contributed by atoms with Crippen LogP contribution in [-0.4, -0.2) is 37.2 Å². The van der Waals surface area contributed by atoms with Crippen molar-refractivity contribution in [3.8, 4) is 0 Å². The molecule has 6 nitrogen and oxygen atoms in total.